The molecule has 0 aliphatic rings. The van der Waals surface area contributed by atoms with Crippen LogP contribution < -0.4 is 0 Å². The quantitative estimate of drug-likeness (QED) is 0.173. The van der Waals surface area contributed by atoms with Crippen LogP contribution in [0.15, 0.2) is 213 Å². The molecule has 0 atom stereocenters. The van der Waals surface area contributed by atoms with Gasteiger partial charge in [-0.1, -0.05) is 146 Å². The standard InChI is InChI=1S/C59H35N7/c60-33-46-56(63-47-25-9-1-17-38(47)39-18-2-10-26-48(39)63)58(65-51-29-13-5-21-42(51)43-22-6-14-30-52(43)65)55(37-34-61-36-62-35-37)59(66-53-31-15-7-23-44(53)45-24-8-16-32-54(45)66)57(46)64-49-27-11-3-19-40(49)41-20-4-12-28-50(41)64/h1-32,34-36H. The van der Waals surface area contributed by atoms with Crippen LogP contribution >= 0.6 is 0 Å². The van der Waals surface area contributed by atoms with E-state index in [-0.39, 0.29) is 0 Å². The van der Waals surface area contributed by atoms with Crippen molar-refractivity contribution in [3.8, 4) is 39.9 Å². The molecule has 0 amide bonds. The van der Waals surface area contributed by atoms with Gasteiger partial charge in [-0.25, -0.2) is 9.97 Å². The minimum atomic E-state index is 0.516. The lowest BCUT2D eigenvalue weighted by Crippen LogP contribution is -2.16. The zero-order chi connectivity index (χ0) is 43.5. The summed E-state index contributed by atoms with van der Waals surface area (Å²) in [4.78, 5) is 9.55. The number of benzene rings is 9. The molecule has 0 saturated carbocycles. The minimum absolute atomic E-state index is 0.516. The van der Waals surface area contributed by atoms with Crippen LogP contribution in [0.5, 0.6) is 0 Å². The van der Waals surface area contributed by atoms with Crippen molar-refractivity contribution in [1.82, 2.24) is 28.2 Å². The van der Waals surface area contributed by atoms with Crippen LogP contribution in [0.1, 0.15) is 5.56 Å². The fourth-order valence-electron chi connectivity index (χ4n) is 11.0. The Morgan fingerprint density at radius 2 is 0.530 bits per heavy atom. The van der Waals surface area contributed by atoms with E-state index in [0.29, 0.717) is 5.56 Å². The molecule has 66 heavy (non-hydrogen) atoms. The first kappa shape index (κ1) is 36.3. The molecule has 0 unspecified atom stereocenters. The highest BCUT2D eigenvalue weighted by Gasteiger charge is 2.35. The molecule has 0 N–H and O–H groups in total. The highest BCUT2D eigenvalue weighted by atomic mass is 15.1. The molecule has 14 rings (SSSR count). The molecule has 7 heteroatoms. The minimum Gasteiger partial charge on any atom is -0.306 e. The number of hydrogen-bond donors (Lipinski definition) is 0. The molecule has 0 spiro atoms. The summed E-state index contributed by atoms with van der Waals surface area (Å²) in [5, 5.41) is 21.4. The molecule has 5 aromatic heterocycles. The van der Waals surface area contributed by atoms with E-state index in [4.69, 9.17) is 9.97 Å². The fourth-order valence-corrected chi connectivity index (χ4v) is 11.0. The molecular formula is C59H35N7. The van der Waals surface area contributed by atoms with E-state index < -0.39 is 0 Å². The van der Waals surface area contributed by atoms with E-state index in [0.717, 1.165) is 121 Å². The van der Waals surface area contributed by atoms with Crippen molar-refractivity contribution in [2.45, 2.75) is 0 Å². The van der Waals surface area contributed by atoms with E-state index in [9.17, 15) is 5.26 Å². The number of nitrogens with zero attached hydrogens (tertiary/aromatic N) is 7. The summed E-state index contributed by atoms with van der Waals surface area (Å²) >= 11 is 0. The van der Waals surface area contributed by atoms with Crippen LogP contribution in [0.2, 0.25) is 0 Å². The molecule has 0 radical (unpaired) electrons. The van der Waals surface area contributed by atoms with Gasteiger partial charge in [-0.05, 0) is 48.5 Å². The van der Waals surface area contributed by atoms with Crippen molar-refractivity contribution in [1.29, 1.82) is 5.26 Å². The normalized spacial score (nSPS) is 11.9. The third kappa shape index (κ3) is 4.84. The lowest BCUT2D eigenvalue weighted by Gasteiger charge is -2.29. The molecule has 14 aromatic rings. The van der Waals surface area contributed by atoms with Crippen LogP contribution in [0.3, 0.4) is 0 Å². The maximum absolute atomic E-state index is 12.5. The molecule has 5 heterocycles. The van der Waals surface area contributed by atoms with Gasteiger partial charge in [0, 0.05) is 66.6 Å². The first-order valence-electron chi connectivity index (χ1n) is 22.1. The van der Waals surface area contributed by atoms with Gasteiger partial charge in [0.15, 0.2) is 0 Å². The summed E-state index contributed by atoms with van der Waals surface area (Å²) in [7, 11) is 0. The Labute approximate surface area is 377 Å². The zero-order valence-electron chi connectivity index (χ0n) is 35.3. The van der Waals surface area contributed by atoms with Crippen LogP contribution in [0.4, 0.5) is 0 Å². The Balaban J connectivity index is 1.37. The number of fused-ring (bicyclic) bond motifs is 12. The third-order valence-electron chi connectivity index (χ3n) is 13.6. The van der Waals surface area contributed by atoms with Crippen LogP contribution in [-0.4, -0.2) is 28.2 Å². The highest BCUT2D eigenvalue weighted by molar-refractivity contribution is 6.17. The van der Waals surface area contributed by atoms with Gasteiger partial charge in [0.1, 0.15) is 18.0 Å². The molecule has 0 bridgehead atoms. The summed E-state index contributed by atoms with van der Waals surface area (Å²) in [5.41, 5.74) is 13.4. The zero-order valence-corrected chi connectivity index (χ0v) is 35.3. The van der Waals surface area contributed by atoms with Crippen molar-refractivity contribution in [2.75, 3.05) is 0 Å². The van der Waals surface area contributed by atoms with Crippen molar-refractivity contribution >= 4 is 87.2 Å². The van der Waals surface area contributed by atoms with Crippen LogP contribution in [0.25, 0.3) is 121 Å². The summed E-state index contributed by atoms with van der Waals surface area (Å²) in [6.07, 6.45) is 5.44. The summed E-state index contributed by atoms with van der Waals surface area (Å²) in [6.45, 7) is 0. The van der Waals surface area contributed by atoms with Crippen molar-refractivity contribution in [3.63, 3.8) is 0 Å². The van der Waals surface area contributed by atoms with Gasteiger partial charge in [0.25, 0.3) is 0 Å². The van der Waals surface area contributed by atoms with Gasteiger partial charge >= 0.3 is 0 Å². The second kappa shape index (κ2) is 13.9. The molecule has 9 aromatic carbocycles. The third-order valence-corrected chi connectivity index (χ3v) is 13.6. The van der Waals surface area contributed by atoms with E-state index in [2.05, 4.69) is 218 Å². The van der Waals surface area contributed by atoms with Gasteiger partial charge in [-0.3, -0.25) is 0 Å². The van der Waals surface area contributed by atoms with Gasteiger partial charge in [-0.15, -0.1) is 0 Å². The molecule has 0 saturated heterocycles. The van der Waals surface area contributed by atoms with Crippen molar-refractivity contribution < 1.29 is 0 Å². The lowest BCUT2D eigenvalue weighted by atomic mass is 9.94. The topological polar surface area (TPSA) is 69.3 Å². The molecular weight excluding hydrogens is 807 g/mol. The number of nitriles is 1. The van der Waals surface area contributed by atoms with Crippen molar-refractivity contribution in [2.24, 2.45) is 0 Å². The lowest BCUT2D eigenvalue weighted by molar-refractivity contribution is 1.03. The monoisotopic (exact) mass is 841 g/mol. The Bertz CT molecular complexity index is 3900. The fraction of sp³-hybridized carbons (Fsp3) is 0. The Morgan fingerprint density at radius 1 is 0.303 bits per heavy atom. The largest absolute Gasteiger partial charge is 0.306 e. The average Bonchev–Trinajstić information content (AvgIpc) is 4.11. The number of para-hydroxylation sites is 8. The smallest absolute Gasteiger partial charge is 0.115 e. The number of hydrogen-bond acceptors (Lipinski definition) is 3. The number of rotatable bonds is 5. The Hall–Kier alpha value is -9.25. The molecule has 0 aliphatic carbocycles. The van der Waals surface area contributed by atoms with Gasteiger partial charge in [-0.2, -0.15) is 5.26 Å². The molecule has 306 valence electrons. The summed E-state index contributed by atoms with van der Waals surface area (Å²) in [5.74, 6) is 0. The van der Waals surface area contributed by atoms with Gasteiger partial charge < -0.3 is 18.3 Å². The van der Waals surface area contributed by atoms with E-state index in [1.165, 1.54) is 0 Å². The SMILES string of the molecule is N#Cc1c(-n2c3ccccc3c3ccccc32)c(-n2c3ccccc3c3ccccc32)c(-c2cncnc2)c(-n2c3ccccc3c3ccccc32)c1-n1c2ccccc2c2ccccc21. The second-order valence-electron chi connectivity index (χ2n) is 16.9. The molecule has 7 nitrogen and oxygen atoms in total. The summed E-state index contributed by atoms with van der Waals surface area (Å²) < 4.78 is 9.45. The predicted octanol–water partition coefficient (Wildman–Crippen LogP) is 14.4. The van der Waals surface area contributed by atoms with E-state index in [1.807, 2.05) is 12.4 Å². The Morgan fingerprint density at radius 3 is 0.773 bits per heavy atom. The molecule has 0 fully saturated rings. The molecule has 0 aliphatic heterocycles. The highest BCUT2D eigenvalue weighted by Crippen LogP contribution is 2.51. The van der Waals surface area contributed by atoms with E-state index in [1.54, 1.807) is 6.33 Å². The van der Waals surface area contributed by atoms with Gasteiger partial charge in [0.2, 0.25) is 0 Å². The first-order chi connectivity index (χ1) is 32.8. The van der Waals surface area contributed by atoms with E-state index >= 15 is 0 Å². The maximum Gasteiger partial charge on any atom is 0.115 e. The van der Waals surface area contributed by atoms with Crippen LogP contribution in [-0.2, 0) is 0 Å². The van der Waals surface area contributed by atoms with Crippen molar-refractivity contribution in [3.05, 3.63) is 218 Å². The predicted molar refractivity (Wildman–Crippen MR) is 270 cm³/mol. The first-order valence-corrected chi connectivity index (χ1v) is 22.1. The Kier molecular flexibility index (Phi) is 7.62. The number of aromatic nitrogens is 6. The average molecular weight is 842 g/mol. The second-order valence-corrected chi connectivity index (χ2v) is 16.9. The summed E-state index contributed by atoms with van der Waals surface area (Å²) in [6, 6.07) is 71.6. The van der Waals surface area contributed by atoms with Gasteiger partial charge in [0.05, 0.1) is 66.9 Å². The maximum atomic E-state index is 12.5. The van der Waals surface area contributed by atoms with Crippen LogP contribution in [0, 0.1) is 11.3 Å².